The van der Waals surface area contributed by atoms with Gasteiger partial charge in [0.25, 0.3) is 5.91 Å². The van der Waals surface area contributed by atoms with Gasteiger partial charge >= 0.3 is 0 Å². The van der Waals surface area contributed by atoms with Gasteiger partial charge in [0.05, 0.1) is 11.1 Å². The molecule has 1 atom stereocenters. The molecular formula is C17H21N5O3S. The maximum atomic E-state index is 13.0. The molecule has 3 N–H and O–H groups in total. The molecule has 0 saturated carbocycles. The van der Waals surface area contributed by atoms with E-state index in [0.717, 1.165) is 30.8 Å². The summed E-state index contributed by atoms with van der Waals surface area (Å²) in [6.45, 7) is 2.30. The molecule has 4 rings (SSSR count). The minimum Gasteiger partial charge on any atom is -0.348 e. The number of nitrogens with zero attached hydrogens (tertiary/aromatic N) is 2. The SMILES string of the molecule is O=C(N[C@@H]1CCNC1)c1cccc(S(=O)(=O)N2CCc3[nH]ncc3C2)c1. The Morgan fingerprint density at radius 1 is 1.35 bits per heavy atom. The van der Waals surface area contributed by atoms with Crippen molar-refractivity contribution >= 4 is 15.9 Å². The number of aromatic amines is 1. The standard InChI is InChI=1S/C17H21N5O3S/c23-17(20-14-4-6-18-10-14)12-2-1-3-15(8-12)26(24,25)22-7-5-16-13(11-22)9-19-21-16/h1-3,8-9,14,18H,4-7,10-11H2,(H,19,21)(H,20,23)/t14-/m1/s1. The van der Waals surface area contributed by atoms with Crippen molar-refractivity contribution in [1.82, 2.24) is 25.1 Å². The summed E-state index contributed by atoms with van der Waals surface area (Å²) in [4.78, 5) is 12.6. The Labute approximate surface area is 152 Å². The van der Waals surface area contributed by atoms with Gasteiger partial charge in [0.15, 0.2) is 0 Å². The van der Waals surface area contributed by atoms with E-state index in [4.69, 9.17) is 0 Å². The number of amides is 1. The highest BCUT2D eigenvalue weighted by Crippen LogP contribution is 2.24. The van der Waals surface area contributed by atoms with Crippen molar-refractivity contribution in [3.05, 3.63) is 47.3 Å². The molecule has 0 aliphatic carbocycles. The molecule has 0 unspecified atom stereocenters. The zero-order valence-electron chi connectivity index (χ0n) is 14.2. The number of H-pyrrole nitrogens is 1. The lowest BCUT2D eigenvalue weighted by Gasteiger charge is -2.26. The van der Waals surface area contributed by atoms with Crippen molar-refractivity contribution in [2.24, 2.45) is 0 Å². The van der Waals surface area contributed by atoms with E-state index < -0.39 is 10.0 Å². The van der Waals surface area contributed by atoms with E-state index in [1.165, 1.54) is 16.4 Å². The Hall–Kier alpha value is -2.23. The fourth-order valence-corrected chi connectivity index (χ4v) is 4.86. The van der Waals surface area contributed by atoms with Gasteiger partial charge in [-0.15, -0.1) is 0 Å². The van der Waals surface area contributed by atoms with Crippen LogP contribution >= 0.6 is 0 Å². The third kappa shape index (κ3) is 3.25. The fourth-order valence-electron chi connectivity index (χ4n) is 3.39. The van der Waals surface area contributed by atoms with Crippen LogP contribution in [0.25, 0.3) is 0 Å². The van der Waals surface area contributed by atoms with Gasteiger partial charge in [-0.2, -0.15) is 9.40 Å². The predicted octanol–water partition coefficient (Wildman–Crippen LogP) is 0.248. The molecule has 0 bridgehead atoms. The number of carbonyl (C=O) groups excluding carboxylic acids is 1. The Kier molecular flexibility index (Phi) is 4.51. The lowest BCUT2D eigenvalue weighted by Crippen LogP contribution is -2.37. The maximum absolute atomic E-state index is 13.0. The smallest absolute Gasteiger partial charge is 0.251 e. The number of benzene rings is 1. The van der Waals surface area contributed by atoms with E-state index in [2.05, 4.69) is 20.8 Å². The zero-order valence-corrected chi connectivity index (χ0v) is 15.1. The molecule has 26 heavy (non-hydrogen) atoms. The van der Waals surface area contributed by atoms with Gasteiger partial charge < -0.3 is 10.6 Å². The summed E-state index contributed by atoms with van der Waals surface area (Å²) >= 11 is 0. The summed E-state index contributed by atoms with van der Waals surface area (Å²) in [5, 5.41) is 13.0. The van der Waals surface area contributed by atoms with Crippen LogP contribution in [0, 0.1) is 0 Å². The van der Waals surface area contributed by atoms with Crippen LogP contribution in [0.15, 0.2) is 35.4 Å². The number of rotatable bonds is 4. The van der Waals surface area contributed by atoms with Crippen LogP contribution in [0.2, 0.25) is 0 Å². The molecule has 2 aliphatic heterocycles. The zero-order chi connectivity index (χ0) is 18.1. The van der Waals surface area contributed by atoms with Gasteiger partial charge in [0, 0.05) is 48.9 Å². The van der Waals surface area contributed by atoms with Crippen molar-refractivity contribution in [3.8, 4) is 0 Å². The van der Waals surface area contributed by atoms with Gasteiger partial charge in [-0.1, -0.05) is 6.07 Å². The molecule has 1 saturated heterocycles. The molecule has 1 fully saturated rings. The van der Waals surface area contributed by atoms with Gasteiger partial charge in [0.1, 0.15) is 0 Å². The molecular weight excluding hydrogens is 354 g/mol. The molecule has 9 heteroatoms. The molecule has 0 spiro atoms. The second-order valence-electron chi connectivity index (χ2n) is 6.65. The summed E-state index contributed by atoms with van der Waals surface area (Å²) < 4.78 is 27.4. The van der Waals surface area contributed by atoms with E-state index in [-0.39, 0.29) is 16.8 Å². The molecule has 0 radical (unpaired) electrons. The quantitative estimate of drug-likeness (QED) is 0.710. The monoisotopic (exact) mass is 375 g/mol. The normalized spacial score (nSPS) is 20.7. The average Bonchev–Trinajstić information content (AvgIpc) is 3.32. The topological polar surface area (TPSA) is 107 Å². The number of carbonyl (C=O) groups is 1. The molecule has 1 aromatic carbocycles. The predicted molar refractivity (Wildman–Crippen MR) is 95.1 cm³/mol. The number of hydrogen-bond acceptors (Lipinski definition) is 5. The minimum atomic E-state index is -3.67. The number of aromatic nitrogens is 2. The van der Waals surface area contributed by atoms with Crippen molar-refractivity contribution in [2.45, 2.75) is 30.3 Å². The Balaban J connectivity index is 1.54. The Bertz CT molecular complexity index is 918. The molecule has 8 nitrogen and oxygen atoms in total. The first kappa shape index (κ1) is 17.2. The summed E-state index contributed by atoms with van der Waals surface area (Å²) in [6, 6.07) is 6.33. The van der Waals surface area contributed by atoms with E-state index in [9.17, 15) is 13.2 Å². The summed E-state index contributed by atoms with van der Waals surface area (Å²) in [5.41, 5.74) is 2.23. The number of nitrogens with one attached hydrogen (secondary N) is 3. The number of hydrogen-bond donors (Lipinski definition) is 3. The van der Waals surface area contributed by atoms with Crippen molar-refractivity contribution in [3.63, 3.8) is 0 Å². The van der Waals surface area contributed by atoms with Crippen LogP contribution in [-0.4, -0.2) is 54.5 Å². The first-order chi connectivity index (χ1) is 12.5. The van der Waals surface area contributed by atoms with Gasteiger partial charge in [-0.05, 0) is 31.2 Å². The highest BCUT2D eigenvalue weighted by Gasteiger charge is 2.29. The largest absolute Gasteiger partial charge is 0.348 e. The highest BCUT2D eigenvalue weighted by molar-refractivity contribution is 7.89. The van der Waals surface area contributed by atoms with Crippen LogP contribution in [0.5, 0.6) is 0 Å². The third-order valence-electron chi connectivity index (χ3n) is 4.89. The molecule has 3 heterocycles. The maximum Gasteiger partial charge on any atom is 0.251 e. The number of sulfonamides is 1. The first-order valence-electron chi connectivity index (χ1n) is 8.67. The van der Waals surface area contributed by atoms with E-state index in [1.54, 1.807) is 18.3 Å². The molecule has 2 aliphatic rings. The molecule has 2 aromatic rings. The second-order valence-corrected chi connectivity index (χ2v) is 8.59. The fraction of sp³-hybridized carbons (Fsp3) is 0.412. The number of fused-ring (bicyclic) bond motifs is 1. The second kappa shape index (κ2) is 6.82. The third-order valence-corrected chi connectivity index (χ3v) is 6.74. The van der Waals surface area contributed by atoms with Crippen LogP contribution in [-0.2, 0) is 23.0 Å². The minimum absolute atomic E-state index is 0.0874. The van der Waals surface area contributed by atoms with Crippen LogP contribution in [0.1, 0.15) is 28.0 Å². The van der Waals surface area contributed by atoms with E-state index >= 15 is 0 Å². The van der Waals surface area contributed by atoms with Gasteiger partial charge in [-0.3, -0.25) is 9.89 Å². The van der Waals surface area contributed by atoms with Crippen LogP contribution in [0.4, 0.5) is 0 Å². The summed E-state index contributed by atoms with van der Waals surface area (Å²) in [5.74, 6) is -0.244. The highest BCUT2D eigenvalue weighted by atomic mass is 32.2. The van der Waals surface area contributed by atoms with Gasteiger partial charge in [-0.25, -0.2) is 8.42 Å². The van der Waals surface area contributed by atoms with Crippen molar-refractivity contribution < 1.29 is 13.2 Å². The first-order valence-corrected chi connectivity index (χ1v) is 10.1. The van der Waals surface area contributed by atoms with E-state index in [0.29, 0.717) is 25.1 Å². The lowest BCUT2D eigenvalue weighted by molar-refractivity contribution is 0.0940. The summed E-state index contributed by atoms with van der Waals surface area (Å²) in [7, 11) is -3.67. The van der Waals surface area contributed by atoms with Crippen molar-refractivity contribution in [2.75, 3.05) is 19.6 Å². The summed E-state index contributed by atoms with van der Waals surface area (Å²) in [6.07, 6.45) is 3.14. The molecule has 1 amide bonds. The molecule has 1 aromatic heterocycles. The Morgan fingerprint density at radius 2 is 2.23 bits per heavy atom. The lowest BCUT2D eigenvalue weighted by atomic mass is 10.1. The van der Waals surface area contributed by atoms with Gasteiger partial charge in [0.2, 0.25) is 10.0 Å². The molecule has 138 valence electrons. The van der Waals surface area contributed by atoms with Crippen LogP contribution in [0.3, 0.4) is 0 Å². The van der Waals surface area contributed by atoms with Crippen LogP contribution < -0.4 is 10.6 Å². The van der Waals surface area contributed by atoms with E-state index in [1.807, 2.05) is 0 Å². The van der Waals surface area contributed by atoms with Crippen molar-refractivity contribution in [1.29, 1.82) is 0 Å². The Morgan fingerprint density at radius 3 is 3.04 bits per heavy atom. The average molecular weight is 375 g/mol.